The third-order valence-electron chi connectivity index (χ3n) is 2.86. The van der Waals surface area contributed by atoms with Crippen LogP contribution in [0.5, 0.6) is 5.75 Å². The van der Waals surface area contributed by atoms with Crippen LogP contribution in [0.1, 0.15) is 27.2 Å². The third kappa shape index (κ3) is 4.67. The number of methoxy groups -OCH3 is 1. The van der Waals surface area contributed by atoms with E-state index in [0.717, 1.165) is 6.42 Å². The number of anilines is 2. The third-order valence-corrected chi connectivity index (χ3v) is 4.28. The molecule has 0 bridgehead atoms. The molecule has 0 aliphatic rings. The van der Waals surface area contributed by atoms with Crippen molar-refractivity contribution in [1.82, 2.24) is 0 Å². The summed E-state index contributed by atoms with van der Waals surface area (Å²) in [6.07, 6.45) is 1.05. The summed E-state index contributed by atoms with van der Waals surface area (Å²) < 4.78 is 5.21. The number of amides is 1. The van der Waals surface area contributed by atoms with Gasteiger partial charge in [0, 0.05) is 10.9 Å². The molecule has 1 aromatic carbocycles. The minimum Gasteiger partial charge on any atom is -0.495 e. The molecular weight excluding hydrogens is 260 g/mol. The fourth-order valence-electron chi connectivity index (χ4n) is 1.56. The number of nitrogens with two attached hydrogens (primary N) is 1. The van der Waals surface area contributed by atoms with E-state index in [2.05, 4.69) is 19.2 Å². The predicted molar refractivity (Wildman–Crippen MR) is 82.8 cm³/mol. The maximum absolute atomic E-state index is 12.1. The van der Waals surface area contributed by atoms with Crippen molar-refractivity contribution in [3.8, 4) is 5.75 Å². The van der Waals surface area contributed by atoms with E-state index in [-0.39, 0.29) is 11.2 Å². The highest BCUT2D eigenvalue weighted by Crippen LogP contribution is 2.28. The largest absolute Gasteiger partial charge is 0.495 e. The van der Waals surface area contributed by atoms with Crippen LogP contribution in [0, 0.1) is 0 Å². The van der Waals surface area contributed by atoms with Crippen molar-refractivity contribution in [2.45, 2.75) is 37.7 Å². The van der Waals surface area contributed by atoms with Gasteiger partial charge in [-0.2, -0.15) is 0 Å². The highest BCUT2D eigenvalue weighted by molar-refractivity contribution is 8.01. The number of carbonyl (C=O) groups excluding carboxylic acids is 1. The first-order valence-electron chi connectivity index (χ1n) is 6.37. The summed E-state index contributed by atoms with van der Waals surface area (Å²) in [5.74, 6) is 0.581. The Labute approximate surface area is 119 Å². The maximum Gasteiger partial charge on any atom is 0.237 e. The van der Waals surface area contributed by atoms with Gasteiger partial charge in [-0.15, -0.1) is 11.8 Å². The van der Waals surface area contributed by atoms with Crippen LogP contribution < -0.4 is 15.8 Å². The van der Waals surface area contributed by atoms with Gasteiger partial charge in [-0.05, 0) is 31.5 Å². The van der Waals surface area contributed by atoms with Gasteiger partial charge in [0.05, 0.1) is 18.0 Å². The molecule has 0 spiro atoms. The number of rotatable bonds is 6. The molecule has 2 unspecified atom stereocenters. The summed E-state index contributed by atoms with van der Waals surface area (Å²) in [5.41, 5.74) is 6.93. The molecule has 1 aromatic rings. The summed E-state index contributed by atoms with van der Waals surface area (Å²) in [7, 11) is 1.57. The zero-order valence-electron chi connectivity index (χ0n) is 11.9. The Morgan fingerprint density at radius 3 is 2.74 bits per heavy atom. The van der Waals surface area contributed by atoms with Crippen LogP contribution in [-0.2, 0) is 4.79 Å². The number of hydrogen-bond donors (Lipinski definition) is 2. The van der Waals surface area contributed by atoms with E-state index in [1.165, 1.54) is 0 Å². The van der Waals surface area contributed by atoms with E-state index in [1.807, 2.05) is 6.92 Å². The normalized spacial score (nSPS) is 13.7. The van der Waals surface area contributed by atoms with E-state index >= 15 is 0 Å². The molecule has 0 heterocycles. The molecule has 0 fully saturated rings. The van der Waals surface area contributed by atoms with Gasteiger partial charge < -0.3 is 15.8 Å². The lowest BCUT2D eigenvalue weighted by Gasteiger charge is -2.17. The number of ether oxygens (including phenoxy) is 1. The van der Waals surface area contributed by atoms with Crippen LogP contribution in [0.2, 0.25) is 0 Å². The molecule has 0 aliphatic heterocycles. The average molecular weight is 282 g/mol. The van der Waals surface area contributed by atoms with Crippen molar-refractivity contribution >= 4 is 29.0 Å². The molecule has 1 rings (SSSR count). The fourth-order valence-corrected chi connectivity index (χ4v) is 2.64. The number of carbonyl (C=O) groups is 1. The molecular formula is C14H22N2O2S. The second kappa shape index (κ2) is 7.28. The lowest BCUT2D eigenvalue weighted by Crippen LogP contribution is -2.24. The molecule has 0 saturated heterocycles. The second-order valence-electron chi connectivity index (χ2n) is 4.45. The molecule has 19 heavy (non-hydrogen) atoms. The van der Waals surface area contributed by atoms with Crippen molar-refractivity contribution in [2.24, 2.45) is 0 Å². The average Bonchev–Trinajstić information content (AvgIpc) is 2.38. The van der Waals surface area contributed by atoms with E-state index in [0.29, 0.717) is 22.4 Å². The molecule has 0 radical (unpaired) electrons. The van der Waals surface area contributed by atoms with Gasteiger partial charge in [0.1, 0.15) is 5.75 Å². The Bertz CT molecular complexity index is 437. The van der Waals surface area contributed by atoms with Crippen molar-refractivity contribution < 1.29 is 9.53 Å². The van der Waals surface area contributed by atoms with Crippen LogP contribution in [-0.4, -0.2) is 23.5 Å². The van der Waals surface area contributed by atoms with Gasteiger partial charge >= 0.3 is 0 Å². The molecule has 2 atom stereocenters. The fraction of sp³-hybridized carbons (Fsp3) is 0.500. The zero-order valence-corrected chi connectivity index (χ0v) is 12.7. The Balaban J connectivity index is 2.73. The number of nitrogen functional groups attached to an aromatic ring is 1. The highest BCUT2D eigenvalue weighted by atomic mass is 32.2. The summed E-state index contributed by atoms with van der Waals surface area (Å²) in [5, 5.41) is 3.22. The van der Waals surface area contributed by atoms with Crippen LogP contribution in [0.3, 0.4) is 0 Å². The lowest BCUT2D eigenvalue weighted by atomic mass is 10.2. The van der Waals surface area contributed by atoms with E-state index in [4.69, 9.17) is 10.5 Å². The Morgan fingerprint density at radius 2 is 2.16 bits per heavy atom. The van der Waals surface area contributed by atoms with Crippen LogP contribution >= 0.6 is 11.8 Å². The Kier molecular flexibility index (Phi) is 6.02. The molecule has 0 aromatic heterocycles. The Morgan fingerprint density at radius 1 is 1.47 bits per heavy atom. The summed E-state index contributed by atoms with van der Waals surface area (Å²) in [6.45, 7) is 6.14. The summed E-state index contributed by atoms with van der Waals surface area (Å²) in [6, 6.07) is 5.20. The Hall–Kier alpha value is -1.36. The highest BCUT2D eigenvalue weighted by Gasteiger charge is 2.17. The van der Waals surface area contributed by atoms with Crippen molar-refractivity contribution in [3.63, 3.8) is 0 Å². The van der Waals surface area contributed by atoms with Crippen molar-refractivity contribution in [3.05, 3.63) is 18.2 Å². The minimum atomic E-state index is -0.110. The van der Waals surface area contributed by atoms with E-state index < -0.39 is 0 Å². The van der Waals surface area contributed by atoms with Crippen LogP contribution in [0.15, 0.2) is 18.2 Å². The lowest BCUT2D eigenvalue weighted by molar-refractivity contribution is -0.115. The smallest absolute Gasteiger partial charge is 0.237 e. The first-order valence-corrected chi connectivity index (χ1v) is 7.32. The van der Waals surface area contributed by atoms with Gasteiger partial charge in [0.25, 0.3) is 0 Å². The zero-order chi connectivity index (χ0) is 14.4. The first kappa shape index (κ1) is 15.7. The molecule has 0 aliphatic carbocycles. The van der Waals surface area contributed by atoms with Gasteiger partial charge in [-0.3, -0.25) is 4.79 Å². The molecule has 4 nitrogen and oxygen atoms in total. The van der Waals surface area contributed by atoms with Crippen molar-refractivity contribution in [1.29, 1.82) is 0 Å². The number of nitrogens with one attached hydrogen (secondary N) is 1. The predicted octanol–water partition coefficient (Wildman–Crippen LogP) is 3.14. The van der Waals surface area contributed by atoms with Crippen LogP contribution in [0.4, 0.5) is 11.4 Å². The topological polar surface area (TPSA) is 64.4 Å². The summed E-state index contributed by atoms with van der Waals surface area (Å²) >= 11 is 1.66. The van der Waals surface area contributed by atoms with Gasteiger partial charge in [0.15, 0.2) is 0 Å². The second-order valence-corrected chi connectivity index (χ2v) is 6.23. The van der Waals surface area contributed by atoms with Gasteiger partial charge in [-0.25, -0.2) is 0 Å². The standard InChI is InChI=1S/C14H22N2O2S/c1-5-9(2)19-10(3)14(17)16-12-8-11(15)6-7-13(12)18-4/h6-10H,5,15H2,1-4H3,(H,16,17). The number of hydrogen-bond acceptors (Lipinski definition) is 4. The first-order chi connectivity index (χ1) is 8.97. The molecule has 3 N–H and O–H groups in total. The minimum absolute atomic E-state index is 0.0331. The monoisotopic (exact) mass is 282 g/mol. The molecule has 106 valence electrons. The van der Waals surface area contributed by atoms with Gasteiger partial charge in [-0.1, -0.05) is 13.8 Å². The molecule has 5 heteroatoms. The quantitative estimate of drug-likeness (QED) is 0.787. The number of thioether (sulfide) groups is 1. The summed E-state index contributed by atoms with van der Waals surface area (Å²) in [4.78, 5) is 12.1. The van der Waals surface area contributed by atoms with Gasteiger partial charge in [0.2, 0.25) is 5.91 Å². The van der Waals surface area contributed by atoms with Crippen molar-refractivity contribution in [2.75, 3.05) is 18.2 Å². The maximum atomic E-state index is 12.1. The molecule has 1 amide bonds. The van der Waals surface area contributed by atoms with Crippen LogP contribution in [0.25, 0.3) is 0 Å². The van der Waals surface area contributed by atoms with E-state index in [9.17, 15) is 4.79 Å². The SMILES string of the molecule is CCC(C)SC(C)C(=O)Nc1cc(N)ccc1OC. The van der Waals surface area contributed by atoms with E-state index in [1.54, 1.807) is 37.1 Å². The molecule has 0 saturated carbocycles. The number of benzene rings is 1.